The predicted octanol–water partition coefficient (Wildman–Crippen LogP) is 3.44. The molecule has 0 N–H and O–H groups in total. The molecule has 1 heterocycles. The predicted molar refractivity (Wildman–Crippen MR) is 92.2 cm³/mol. The number of hydrogen-bond acceptors (Lipinski definition) is 6. The molecule has 0 aliphatic rings. The van der Waals surface area contributed by atoms with E-state index in [9.17, 15) is 9.18 Å². The van der Waals surface area contributed by atoms with Crippen molar-refractivity contribution < 1.29 is 13.9 Å². The molecule has 3 aromatic rings. The normalized spacial score (nSPS) is 10.7. The van der Waals surface area contributed by atoms with Crippen LogP contribution in [0.5, 0.6) is 5.75 Å². The summed E-state index contributed by atoms with van der Waals surface area (Å²) in [4.78, 5) is 12.4. The second kappa shape index (κ2) is 7.62. The fraction of sp³-hybridized carbons (Fsp3) is 0.125. The Kier molecular flexibility index (Phi) is 5.30. The summed E-state index contributed by atoms with van der Waals surface area (Å²) in [5, 5.41) is 12.5. The highest BCUT2D eigenvalue weighted by Crippen LogP contribution is 2.24. The van der Waals surface area contributed by atoms with Crippen LogP contribution in [0.15, 0.2) is 47.6 Å². The molecular formula is C16H12ClFN4O2S. The van der Waals surface area contributed by atoms with E-state index in [0.717, 1.165) is 17.8 Å². The highest BCUT2D eigenvalue weighted by atomic mass is 35.5. The zero-order chi connectivity index (χ0) is 17.8. The first kappa shape index (κ1) is 17.4. The molecule has 0 aliphatic carbocycles. The number of halogens is 2. The summed E-state index contributed by atoms with van der Waals surface area (Å²) in [5.74, 6) is -0.426. The van der Waals surface area contributed by atoms with Crippen molar-refractivity contribution in [3.05, 3.63) is 58.9 Å². The van der Waals surface area contributed by atoms with Gasteiger partial charge in [-0.15, -0.1) is 5.10 Å². The fourth-order valence-corrected chi connectivity index (χ4v) is 3.02. The molecule has 0 unspecified atom stereocenters. The molecule has 0 radical (unpaired) electrons. The zero-order valence-electron chi connectivity index (χ0n) is 13.0. The van der Waals surface area contributed by atoms with Crippen LogP contribution in [0.1, 0.15) is 10.4 Å². The Morgan fingerprint density at radius 1 is 1.28 bits per heavy atom. The first-order valence-electron chi connectivity index (χ1n) is 7.12. The van der Waals surface area contributed by atoms with Gasteiger partial charge in [-0.1, -0.05) is 23.4 Å². The van der Waals surface area contributed by atoms with Crippen molar-refractivity contribution >= 4 is 29.1 Å². The van der Waals surface area contributed by atoms with Crippen LogP contribution in [0.25, 0.3) is 5.69 Å². The van der Waals surface area contributed by atoms with Gasteiger partial charge in [0.1, 0.15) is 11.6 Å². The maximum atomic E-state index is 13.4. The van der Waals surface area contributed by atoms with Crippen LogP contribution in [-0.4, -0.2) is 38.9 Å². The van der Waals surface area contributed by atoms with Gasteiger partial charge in [-0.25, -0.2) is 4.39 Å². The highest BCUT2D eigenvalue weighted by molar-refractivity contribution is 7.99. The molecule has 0 atom stereocenters. The Morgan fingerprint density at radius 2 is 2.04 bits per heavy atom. The third-order valence-corrected chi connectivity index (χ3v) is 4.48. The van der Waals surface area contributed by atoms with Crippen molar-refractivity contribution in [2.45, 2.75) is 5.16 Å². The van der Waals surface area contributed by atoms with Crippen LogP contribution in [0, 0.1) is 5.82 Å². The molecule has 0 aliphatic heterocycles. The van der Waals surface area contributed by atoms with E-state index in [1.807, 2.05) is 0 Å². The van der Waals surface area contributed by atoms with E-state index in [1.54, 1.807) is 24.3 Å². The van der Waals surface area contributed by atoms with E-state index in [-0.39, 0.29) is 17.1 Å². The van der Waals surface area contributed by atoms with E-state index < -0.39 is 5.82 Å². The summed E-state index contributed by atoms with van der Waals surface area (Å²) >= 11 is 7.02. The van der Waals surface area contributed by atoms with Crippen LogP contribution < -0.4 is 4.74 Å². The lowest BCUT2D eigenvalue weighted by atomic mass is 10.1. The number of carbonyl (C=O) groups is 1. The van der Waals surface area contributed by atoms with Crippen LogP contribution in [-0.2, 0) is 0 Å². The summed E-state index contributed by atoms with van der Waals surface area (Å²) in [6.07, 6.45) is 0. The zero-order valence-corrected chi connectivity index (χ0v) is 14.6. The van der Waals surface area contributed by atoms with Gasteiger partial charge in [0.05, 0.1) is 24.1 Å². The number of tetrazole rings is 1. The van der Waals surface area contributed by atoms with E-state index >= 15 is 0 Å². The number of carbonyl (C=O) groups excluding carboxylic acids is 1. The number of thioether (sulfide) groups is 1. The lowest BCUT2D eigenvalue weighted by Gasteiger charge is -2.08. The van der Waals surface area contributed by atoms with Gasteiger partial charge in [0.15, 0.2) is 5.78 Å². The van der Waals surface area contributed by atoms with Gasteiger partial charge in [-0.2, -0.15) is 4.68 Å². The average Bonchev–Trinajstić information content (AvgIpc) is 3.09. The SMILES string of the molecule is COc1ccc(F)cc1C(=O)CSc1nnnn1-c1ccc(Cl)cc1. The number of benzene rings is 2. The number of nitrogens with zero attached hydrogens (tertiary/aromatic N) is 4. The van der Waals surface area contributed by atoms with Crippen molar-refractivity contribution in [1.29, 1.82) is 0 Å². The minimum atomic E-state index is -0.500. The van der Waals surface area contributed by atoms with Gasteiger partial charge in [0.25, 0.3) is 0 Å². The van der Waals surface area contributed by atoms with Gasteiger partial charge in [-0.05, 0) is 52.9 Å². The molecule has 0 saturated carbocycles. The maximum Gasteiger partial charge on any atom is 0.214 e. The molecule has 0 bridgehead atoms. The van der Waals surface area contributed by atoms with Crippen molar-refractivity contribution in [3.63, 3.8) is 0 Å². The topological polar surface area (TPSA) is 69.9 Å². The van der Waals surface area contributed by atoms with Crippen LogP contribution in [0.2, 0.25) is 5.02 Å². The molecule has 0 fully saturated rings. The summed E-state index contributed by atoms with van der Waals surface area (Å²) < 4.78 is 20.0. The molecule has 9 heteroatoms. The standard InChI is InChI=1S/C16H12ClFN4O2S/c1-24-15-7-4-11(18)8-13(15)14(23)9-25-16-19-20-21-22(16)12-5-2-10(17)3-6-12/h2-8H,9H2,1H3. The minimum Gasteiger partial charge on any atom is -0.496 e. The summed E-state index contributed by atoms with van der Waals surface area (Å²) in [5.41, 5.74) is 0.896. The number of aromatic nitrogens is 4. The molecule has 0 spiro atoms. The van der Waals surface area contributed by atoms with Crippen molar-refractivity contribution in [1.82, 2.24) is 20.2 Å². The Bertz CT molecular complexity index is 901. The Hall–Kier alpha value is -2.45. The van der Waals surface area contributed by atoms with Gasteiger partial charge >= 0.3 is 0 Å². The molecule has 0 saturated heterocycles. The summed E-state index contributed by atoms with van der Waals surface area (Å²) in [7, 11) is 1.43. The number of Topliss-reactive ketones (excluding diaryl/α,β-unsaturated/α-hetero) is 1. The number of hydrogen-bond donors (Lipinski definition) is 0. The Balaban J connectivity index is 1.77. The van der Waals surface area contributed by atoms with Gasteiger partial charge in [-0.3, -0.25) is 4.79 Å². The largest absolute Gasteiger partial charge is 0.496 e. The Morgan fingerprint density at radius 3 is 2.76 bits per heavy atom. The Labute approximate surface area is 151 Å². The van der Waals surface area contributed by atoms with Gasteiger partial charge < -0.3 is 4.74 Å². The van der Waals surface area contributed by atoms with Crippen molar-refractivity contribution in [3.8, 4) is 11.4 Å². The van der Waals surface area contributed by atoms with E-state index in [1.165, 1.54) is 23.9 Å². The number of ether oxygens (including phenoxy) is 1. The highest BCUT2D eigenvalue weighted by Gasteiger charge is 2.16. The molecule has 128 valence electrons. The third-order valence-electron chi connectivity index (χ3n) is 3.31. The van der Waals surface area contributed by atoms with Gasteiger partial charge in [0, 0.05) is 5.02 Å². The van der Waals surface area contributed by atoms with Crippen LogP contribution in [0.4, 0.5) is 4.39 Å². The van der Waals surface area contributed by atoms with Crippen molar-refractivity contribution in [2.75, 3.05) is 12.9 Å². The third kappa shape index (κ3) is 3.97. The smallest absolute Gasteiger partial charge is 0.214 e. The first-order valence-corrected chi connectivity index (χ1v) is 8.48. The molecule has 0 amide bonds. The molecule has 2 aromatic carbocycles. The minimum absolute atomic E-state index is 0.0355. The summed E-state index contributed by atoms with van der Waals surface area (Å²) in [6, 6.07) is 10.8. The van der Waals surface area contributed by atoms with Crippen LogP contribution >= 0.6 is 23.4 Å². The van der Waals surface area contributed by atoms with Gasteiger partial charge in [0.2, 0.25) is 5.16 Å². The second-order valence-corrected chi connectivity index (χ2v) is 6.29. The molecule has 25 heavy (non-hydrogen) atoms. The van der Waals surface area contributed by atoms with E-state index in [2.05, 4.69) is 15.5 Å². The number of ketones is 1. The quantitative estimate of drug-likeness (QED) is 0.483. The lowest BCUT2D eigenvalue weighted by Crippen LogP contribution is -2.07. The lowest BCUT2D eigenvalue weighted by molar-refractivity contribution is 0.101. The first-order chi connectivity index (χ1) is 12.1. The van der Waals surface area contributed by atoms with Crippen molar-refractivity contribution in [2.24, 2.45) is 0 Å². The molecular weight excluding hydrogens is 367 g/mol. The fourth-order valence-electron chi connectivity index (χ4n) is 2.12. The molecule has 3 rings (SSSR count). The molecule has 1 aromatic heterocycles. The average molecular weight is 379 g/mol. The van der Waals surface area contributed by atoms with E-state index in [4.69, 9.17) is 16.3 Å². The number of methoxy groups -OCH3 is 1. The maximum absolute atomic E-state index is 13.4. The molecule has 6 nitrogen and oxygen atoms in total. The van der Waals surface area contributed by atoms with Crippen LogP contribution in [0.3, 0.4) is 0 Å². The van der Waals surface area contributed by atoms with E-state index in [0.29, 0.717) is 21.6 Å². The number of rotatable bonds is 6. The second-order valence-electron chi connectivity index (χ2n) is 4.91. The monoisotopic (exact) mass is 378 g/mol. The summed E-state index contributed by atoms with van der Waals surface area (Å²) in [6.45, 7) is 0.